The molecular formula is C16H14F3N5O. The SMILES string of the molecule is OCCn1nnc(-c2cccnc2Cc2ccc(C(F)(F)F)cc2)n1. The van der Waals surface area contributed by atoms with Crippen molar-refractivity contribution in [3.8, 4) is 11.4 Å². The summed E-state index contributed by atoms with van der Waals surface area (Å²) in [5.41, 5.74) is 1.28. The monoisotopic (exact) mass is 349 g/mol. The highest BCUT2D eigenvalue weighted by Crippen LogP contribution is 2.29. The number of pyridine rings is 1. The van der Waals surface area contributed by atoms with Gasteiger partial charge in [0.15, 0.2) is 0 Å². The lowest BCUT2D eigenvalue weighted by atomic mass is 10.0. The topological polar surface area (TPSA) is 76.7 Å². The van der Waals surface area contributed by atoms with Gasteiger partial charge in [-0.3, -0.25) is 4.98 Å². The minimum atomic E-state index is -4.36. The molecule has 3 aromatic rings. The van der Waals surface area contributed by atoms with Crippen molar-refractivity contribution in [2.45, 2.75) is 19.1 Å². The minimum Gasteiger partial charge on any atom is -0.394 e. The van der Waals surface area contributed by atoms with Crippen LogP contribution in [0.2, 0.25) is 0 Å². The average Bonchev–Trinajstić information content (AvgIpc) is 3.04. The number of halogens is 3. The summed E-state index contributed by atoms with van der Waals surface area (Å²) in [4.78, 5) is 5.56. The second-order valence-corrected chi connectivity index (χ2v) is 5.30. The minimum absolute atomic E-state index is 0.110. The van der Waals surface area contributed by atoms with Crippen LogP contribution in [0, 0.1) is 0 Å². The van der Waals surface area contributed by atoms with E-state index in [9.17, 15) is 13.2 Å². The molecule has 0 aliphatic heterocycles. The fourth-order valence-corrected chi connectivity index (χ4v) is 2.32. The van der Waals surface area contributed by atoms with Crippen LogP contribution >= 0.6 is 0 Å². The lowest BCUT2D eigenvalue weighted by Gasteiger charge is -2.08. The zero-order valence-corrected chi connectivity index (χ0v) is 13.0. The third-order valence-electron chi connectivity index (χ3n) is 3.54. The quantitative estimate of drug-likeness (QED) is 0.765. The molecule has 0 aliphatic carbocycles. The maximum absolute atomic E-state index is 12.6. The highest BCUT2D eigenvalue weighted by Gasteiger charge is 2.29. The molecule has 2 aromatic heterocycles. The van der Waals surface area contributed by atoms with E-state index in [4.69, 9.17) is 5.11 Å². The smallest absolute Gasteiger partial charge is 0.394 e. The molecule has 0 bridgehead atoms. The van der Waals surface area contributed by atoms with Gasteiger partial charge in [-0.05, 0) is 35.0 Å². The van der Waals surface area contributed by atoms with E-state index in [1.807, 2.05) is 0 Å². The van der Waals surface area contributed by atoms with Gasteiger partial charge in [0.25, 0.3) is 0 Å². The van der Waals surface area contributed by atoms with Crippen LogP contribution < -0.4 is 0 Å². The third-order valence-corrected chi connectivity index (χ3v) is 3.54. The van der Waals surface area contributed by atoms with Crippen LogP contribution in [0.4, 0.5) is 13.2 Å². The summed E-state index contributed by atoms with van der Waals surface area (Å²) in [5, 5.41) is 20.8. The predicted molar refractivity (Wildman–Crippen MR) is 82.4 cm³/mol. The van der Waals surface area contributed by atoms with Gasteiger partial charge >= 0.3 is 6.18 Å². The lowest BCUT2D eigenvalue weighted by molar-refractivity contribution is -0.137. The first kappa shape index (κ1) is 17.0. The Bertz CT molecular complexity index is 845. The van der Waals surface area contributed by atoms with E-state index in [0.717, 1.165) is 12.1 Å². The van der Waals surface area contributed by atoms with Gasteiger partial charge in [0.2, 0.25) is 5.82 Å². The zero-order chi connectivity index (χ0) is 17.9. The first-order valence-electron chi connectivity index (χ1n) is 7.46. The molecule has 9 heteroatoms. The van der Waals surface area contributed by atoms with E-state index < -0.39 is 11.7 Å². The van der Waals surface area contributed by atoms with Crippen molar-refractivity contribution in [1.29, 1.82) is 0 Å². The van der Waals surface area contributed by atoms with Gasteiger partial charge in [-0.1, -0.05) is 12.1 Å². The summed E-state index contributed by atoms with van der Waals surface area (Å²) in [7, 11) is 0. The Labute approximate surface area is 140 Å². The van der Waals surface area contributed by atoms with Gasteiger partial charge in [-0.25, -0.2) is 0 Å². The first-order chi connectivity index (χ1) is 12.0. The number of nitrogens with zero attached hydrogens (tertiary/aromatic N) is 5. The fourth-order valence-electron chi connectivity index (χ4n) is 2.32. The van der Waals surface area contributed by atoms with Crippen molar-refractivity contribution in [3.05, 3.63) is 59.4 Å². The molecule has 1 aromatic carbocycles. The van der Waals surface area contributed by atoms with Crippen molar-refractivity contribution in [1.82, 2.24) is 25.2 Å². The molecule has 0 fully saturated rings. The second kappa shape index (κ2) is 6.98. The maximum Gasteiger partial charge on any atom is 0.416 e. The van der Waals surface area contributed by atoms with Gasteiger partial charge in [-0.15, -0.1) is 10.2 Å². The van der Waals surface area contributed by atoms with Crippen LogP contribution in [0.15, 0.2) is 42.6 Å². The Hall–Kier alpha value is -2.81. The summed E-state index contributed by atoms with van der Waals surface area (Å²) < 4.78 is 37.9. The summed E-state index contributed by atoms with van der Waals surface area (Å²) >= 11 is 0. The molecule has 2 heterocycles. The third kappa shape index (κ3) is 4.00. The Morgan fingerprint density at radius 2 is 1.84 bits per heavy atom. The normalized spacial score (nSPS) is 11.7. The van der Waals surface area contributed by atoms with E-state index in [1.54, 1.807) is 18.3 Å². The van der Waals surface area contributed by atoms with Crippen LogP contribution in [0.3, 0.4) is 0 Å². The van der Waals surface area contributed by atoms with Gasteiger partial charge in [0.1, 0.15) is 0 Å². The molecule has 0 radical (unpaired) electrons. The number of benzene rings is 1. The second-order valence-electron chi connectivity index (χ2n) is 5.30. The molecule has 0 unspecified atom stereocenters. The fraction of sp³-hybridized carbons (Fsp3) is 0.250. The Morgan fingerprint density at radius 3 is 2.52 bits per heavy atom. The predicted octanol–water partition coefficient (Wildman–Crippen LogP) is 2.34. The van der Waals surface area contributed by atoms with Gasteiger partial charge in [0.05, 0.1) is 24.4 Å². The first-order valence-corrected chi connectivity index (χ1v) is 7.46. The molecule has 0 saturated heterocycles. The molecule has 130 valence electrons. The standard InChI is InChI=1S/C16H14F3N5O/c17-16(18,19)12-5-3-11(4-6-12)10-14-13(2-1-7-20-14)15-21-23-24(22-15)8-9-25/h1-7,25H,8-10H2. The molecule has 0 atom stereocenters. The van der Waals surface area contributed by atoms with Crippen LogP contribution in [0.5, 0.6) is 0 Å². The van der Waals surface area contributed by atoms with Crippen molar-refractivity contribution in [3.63, 3.8) is 0 Å². The summed E-state index contributed by atoms with van der Waals surface area (Å²) in [6.45, 7) is 0.114. The summed E-state index contributed by atoms with van der Waals surface area (Å²) in [5.74, 6) is 0.350. The van der Waals surface area contributed by atoms with Crippen molar-refractivity contribution < 1.29 is 18.3 Å². The molecule has 6 nitrogen and oxygen atoms in total. The summed E-state index contributed by atoms with van der Waals surface area (Å²) in [6.07, 6.45) is -2.42. The molecule has 1 N–H and O–H groups in total. The number of tetrazole rings is 1. The highest BCUT2D eigenvalue weighted by atomic mass is 19.4. The molecule has 0 saturated carbocycles. The number of aliphatic hydroxyl groups is 1. The van der Waals surface area contributed by atoms with E-state index >= 15 is 0 Å². The Morgan fingerprint density at radius 1 is 1.08 bits per heavy atom. The number of hydrogen-bond acceptors (Lipinski definition) is 5. The number of rotatable bonds is 5. The number of aromatic nitrogens is 5. The number of alkyl halides is 3. The number of hydrogen-bond donors (Lipinski definition) is 1. The molecule has 0 aliphatic rings. The van der Waals surface area contributed by atoms with Crippen molar-refractivity contribution in [2.75, 3.05) is 6.61 Å². The Kier molecular flexibility index (Phi) is 4.75. The van der Waals surface area contributed by atoms with Crippen molar-refractivity contribution >= 4 is 0 Å². The number of aliphatic hydroxyl groups excluding tert-OH is 1. The summed E-state index contributed by atoms with van der Waals surface area (Å²) in [6, 6.07) is 8.45. The molecular weight excluding hydrogens is 335 g/mol. The van der Waals surface area contributed by atoms with E-state index in [-0.39, 0.29) is 13.2 Å². The molecule has 0 spiro atoms. The van der Waals surface area contributed by atoms with Crippen LogP contribution in [-0.2, 0) is 19.1 Å². The van der Waals surface area contributed by atoms with Gasteiger partial charge < -0.3 is 5.11 Å². The highest BCUT2D eigenvalue weighted by molar-refractivity contribution is 5.57. The van der Waals surface area contributed by atoms with Crippen LogP contribution in [-0.4, -0.2) is 36.9 Å². The van der Waals surface area contributed by atoms with E-state index in [2.05, 4.69) is 20.4 Å². The van der Waals surface area contributed by atoms with Gasteiger partial charge in [0, 0.05) is 18.2 Å². The Balaban J connectivity index is 1.85. The lowest BCUT2D eigenvalue weighted by Crippen LogP contribution is -2.06. The van der Waals surface area contributed by atoms with Crippen LogP contribution in [0.1, 0.15) is 16.8 Å². The molecule has 3 rings (SSSR count). The molecule has 25 heavy (non-hydrogen) atoms. The average molecular weight is 349 g/mol. The maximum atomic E-state index is 12.6. The largest absolute Gasteiger partial charge is 0.416 e. The zero-order valence-electron chi connectivity index (χ0n) is 13.0. The van der Waals surface area contributed by atoms with Crippen LogP contribution in [0.25, 0.3) is 11.4 Å². The van der Waals surface area contributed by atoms with Gasteiger partial charge in [-0.2, -0.15) is 18.0 Å². The van der Waals surface area contributed by atoms with E-state index in [0.29, 0.717) is 29.1 Å². The molecule has 0 amide bonds. The van der Waals surface area contributed by atoms with E-state index in [1.165, 1.54) is 16.9 Å². The van der Waals surface area contributed by atoms with Crippen molar-refractivity contribution in [2.24, 2.45) is 0 Å².